The average Bonchev–Trinajstić information content (AvgIpc) is 3.56. The Morgan fingerprint density at radius 2 is 1.09 bits per heavy atom. The van der Waals surface area contributed by atoms with Crippen LogP contribution in [0.2, 0.25) is 0 Å². The lowest BCUT2D eigenvalue weighted by atomic mass is 9.88. The molecule has 80 heavy (non-hydrogen) atoms. The first-order valence-corrected chi connectivity index (χ1v) is 30.4. The van der Waals surface area contributed by atoms with Gasteiger partial charge in [0.15, 0.2) is 12.6 Å². The number of aliphatic hydroxyl groups is 11. The maximum atomic E-state index is 13.3. The first kappa shape index (κ1) is 72.0. The molecule has 0 spiro atoms. The number of carbonyl (C=O) groups excluding carboxylic acids is 2. The van der Waals surface area contributed by atoms with Crippen LogP contribution >= 0.6 is 0 Å². The minimum atomic E-state index is -3.07. The molecule has 0 aromatic heterocycles. The molecule has 3 rings (SSSR count). The Balaban J connectivity index is 1.63. The molecule has 3 heterocycles. The molecule has 14 N–H and O–H groups in total. The molecular formula is C57H106N2O21. The van der Waals surface area contributed by atoms with Gasteiger partial charge in [0.25, 0.3) is 5.79 Å². The van der Waals surface area contributed by atoms with Gasteiger partial charge in [-0.1, -0.05) is 174 Å². The van der Waals surface area contributed by atoms with Crippen LogP contribution in [-0.2, 0) is 42.8 Å². The van der Waals surface area contributed by atoms with Gasteiger partial charge >= 0.3 is 5.97 Å². The van der Waals surface area contributed by atoms with Gasteiger partial charge in [-0.05, 0) is 12.8 Å². The highest BCUT2D eigenvalue weighted by Gasteiger charge is 2.60. The molecule has 2 amide bonds. The SMILES string of the molecule is CCCCCCCCCCCCCCCCCCCC(=O)NC(COC1OC(CO)C(OC2OC(CO)C(O)C(OC3(C(=O)O)CC(O)C(NC(C)=O)C(C(O)C(O)CO)O3)C2O)C(O)C1O)C(O)CCCCCCCCCCC. The zero-order valence-corrected chi connectivity index (χ0v) is 48.2. The summed E-state index contributed by atoms with van der Waals surface area (Å²) in [6.45, 7) is 2.14. The van der Waals surface area contributed by atoms with Crippen LogP contribution in [0.4, 0.5) is 0 Å². The fourth-order valence-electron chi connectivity index (χ4n) is 10.9. The number of hydrogen-bond acceptors (Lipinski definition) is 20. The second kappa shape index (κ2) is 40.1. The van der Waals surface area contributed by atoms with E-state index in [0.29, 0.717) is 19.3 Å². The summed E-state index contributed by atoms with van der Waals surface area (Å²) in [6, 6.07) is -2.52. The fourth-order valence-corrected chi connectivity index (χ4v) is 10.9. The third-order valence-electron chi connectivity index (χ3n) is 15.8. The van der Waals surface area contributed by atoms with Crippen LogP contribution in [0.5, 0.6) is 0 Å². The molecule has 0 aromatic rings. The summed E-state index contributed by atoms with van der Waals surface area (Å²) in [4.78, 5) is 38.3. The number of hydrogen-bond donors (Lipinski definition) is 14. The number of carboxylic acid groups (broad SMARTS) is 1. The van der Waals surface area contributed by atoms with E-state index in [0.717, 1.165) is 58.3 Å². The van der Waals surface area contributed by atoms with E-state index in [2.05, 4.69) is 24.5 Å². The molecular weight excluding hydrogens is 1050 g/mol. The second-order valence-electron chi connectivity index (χ2n) is 22.6. The number of ether oxygens (including phenoxy) is 6. The van der Waals surface area contributed by atoms with Crippen molar-refractivity contribution in [3.05, 3.63) is 0 Å². The molecule has 0 radical (unpaired) electrons. The first-order chi connectivity index (χ1) is 38.4. The fraction of sp³-hybridized carbons (Fsp3) is 0.947. The molecule has 23 nitrogen and oxygen atoms in total. The van der Waals surface area contributed by atoms with Crippen LogP contribution in [0.1, 0.15) is 207 Å². The largest absolute Gasteiger partial charge is 0.477 e. The number of amides is 2. The van der Waals surface area contributed by atoms with Crippen molar-refractivity contribution in [2.45, 2.75) is 317 Å². The van der Waals surface area contributed by atoms with Gasteiger partial charge in [0.1, 0.15) is 67.1 Å². The van der Waals surface area contributed by atoms with Crippen molar-refractivity contribution in [2.24, 2.45) is 0 Å². The van der Waals surface area contributed by atoms with Crippen molar-refractivity contribution < 1.29 is 104 Å². The topological polar surface area (TPSA) is 373 Å². The predicted octanol–water partition coefficient (Wildman–Crippen LogP) is 2.61. The van der Waals surface area contributed by atoms with Crippen LogP contribution in [-0.4, -0.2) is 215 Å². The zero-order valence-electron chi connectivity index (χ0n) is 48.2. The van der Waals surface area contributed by atoms with Gasteiger partial charge in [-0.25, -0.2) is 4.79 Å². The summed E-state index contributed by atoms with van der Waals surface area (Å²) in [7, 11) is 0. The van der Waals surface area contributed by atoms with Crippen LogP contribution in [0.25, 0.3) is 0 Å². The van der Waals surface area contributed by atoms with E-state index in [1.54, 1.807) is 0 Å². The summed E-state index contributed by atoms with van der Waals surface area (Å²) < 4.78 is 34.7. The Hall–Kier alpha value is -2.27. The smallest absolute Gasteiger partial charge is 0.364 e. The standard InChI is InChI=1S/C57H106N2O21/c1-4-6-8-10-12-14-15-16-17-18-19-20-21-23-25-27-29-31-44(67)59-38(39(64)30-28-26-24-22-13-11-9-7-5-2)36-75-54-49(71)48(70)51(43(35-62)77-54)78-55-50(72)53(47(69)42(34-61)76-55)80-57(56(73)74)32-40(65)45(58-37(3)63)52(79-57)46(68)41(66)33-60/h38-43,45-55,60-62,64-66,68-72H,4-36H2,1-3H3,(H,58,63)(H,59,67)(H,73,74). The third kappa shape index (κ3) is 24.4. The maximum Gasteiger partial charge on any atom is 0.364 e. The van der Waals surface area contributed by atoms with Crippen molar-refractivity contribution >= 4 is 17.8 Å². The summed E-state index contributed by atoms with van der Waals surface area (Å²) in [5.41, 5.74) is 0. The molecule has 3 saturated heterocycles. The Labute approximate surface area is 474 Å². The van der Waals surface area contributed by atoms with E-state index < -0.39 is 148 Å². The molecule has 23 heteroatoms. The van der Waals surface area contributed by atoms with Gasteiger partial charge in [-0.3, -0.25) is 9.59 Å². The van der Waals surface area contributed by atoms with Crippen LogP contribution < -0.4 is 10.6 Å². The highest BCUT2D eigenvalue weighted by Crippen LogP contribution is 2.38. The maximum absolute atomic E-state index is 13.3. The number of rotatable bonds is 44. The van der Waals surface area contributed by atoms with Gasteiger partial charge in [-0.15, -0.1) is 0 Å². The van der Waals surface area contributed by atoms with Gasteiger partial charge in [0.05, 0.1) is 50.7 Å². The summed E-state index contributed by atoms with van der Waals surface area (Å²) >= 11 is 0. The summed E-state index contributed by atoms with van der Waals surface area (Å²) in [5, 5.41) is 135. The highest BCUT2D eigenvalue weighted by atomic mass is 16.8. The molecule has 470 valence electrons. The summed E-state index contributed by atoms with van der Waals surface area (Å²) in [5.74, 6) is -6.10. The van der Waals surface area contributed by atoms with Crippen LogP contribution in [0.3, 0.4) is 0 Å². The second-order valence-corrected chi connectivity index (χ2v) is 22.6. The third-order valence-corrected chi connectivity index (χ3v) is 15.8. The number of carboxylic acids is 1. The normalized spacial score (nSPS) is 30.6. The van der Waals surface area contributed by atoms with E-state index in [1.807, 2.05) is 0 Å². The first-order valence-electron chi connectivity index (χ1n) is 30.4. The molecule has 3 fully saturated rings. The minimum absolute atomic E-state index is 0.228. The number of carbonyl (C=O) groups is 3. The minimum Gasteiger partial charge on any atom is -0.477 e. The lowest BCUT2D eigenvalue weighted by molar-refractivity contribution is -0.386. The van der Waals surface area contributed by atoms with E-state index in [1.165, 1.54) is 103 Å². The molecule has 0 aliphatic carbocycles. The van der Waals surface area contributed by atoms with E-state index in [-0.39, 0.29) is 18.9 Å². The number of aliphatic carboxylic acids is 1. The molecule has 18 atom stereocenters. The lowest BCUT2D eigenvalue weighted by Gasteiger charge is -2.50. The predicted molar refractivity (Wildman–Crippen MR) is 292 cm³/mol. The van der Waals surface area contributed by atoms with Crippen molar-refractivity contribution in [3.63, 3.8) is 0 Å². The highest BCUT2D eigenvalue weighted by molar-refractivity contribution is 5.77. The van der Waals surface area contributed by atoms with Crippen molar-refractivity contribution in [2.75, 3.05) is 26.4 Å². The Bertz CT molecular complexity index is 1660. The Morgan fingerprint density at radius 3 is 1.56 bits per heavy atom. The van der Waals surface area contributed by atoms with Gasteiger partial charge < -0.3 is 100 Å². The lowest BCUT2D eigenvalue weighted by Crippen LogP contribution is -2.70. The van der Waals surface area contributed by atoms with Gasteiger partial charge in [0.2, 0.25) is 11.8 Å². The Kier molecular flexibility index (Phi) is 36.1. The van der Waals surface area contributed by atoms with Crippen molar-refractivity contribution in [1.29, 1.82) is 0 Å². The number of aliphatic hydroxyl groups excluding tert-OH is 11. The molecule has 3 aliphatic rings. The molecule has 3 aliphatic heterocycles. The molecule has 18 unspecified atom stereocenters. The van der Waals surface area contributed by atoms with Crippen molar-refractivity contribution in [3.8, 4) is 0 Å². The molecule has 0 saturated carbocycles. The van der Waals surface area contributed by atoms with E-state index in [9.17, 15) is 75.7 Å². The number of nitrogens with one attached hydrogen (secondary N) is 2. The quantitative estimate of drug-likeness (QED) is 0.0390. The van der Waals surface area contributed by atoms with E-state index >= 15 is 0 Å². The van der Waals surface area contributed by atoms with Gasteiger partial charge in [-0.2, -0.15) is 0 Å². The van der Waals surface area contributed by atoms with Crippen LogP contribution in [0.15, 0.2) is 0 Å². The average molecular weight is 1160 g/mol. The molecule has 0 bridgehead atoms. The monoisotopic (exact) mass is 1150 g/mol. The van der Waals surface area contributed by atoms with Crippen LogP contribution in [0, 0.1) is 0 Å². The zero-order chi connectivity index (χ0) is 59.0. The number of unbranched alkanes of at least 4 members (excludes halogenated alkanes) is 24. The summed E-state index contributed by atoms with van der Waals surface area (Å²) in [6.07, 6.45) is 1.53. The van der Waals surface area contributed by atoms with Gasteiger partial charge in [0, 0.05) is 19.8 Å². The van der Waals surface area contributed by atoms with Crippen molar-refractivity contribution in [1.82, 2.24) is 10.6 Å². The Morgan fingerprint density at radius 1 is 0.600 bits per heavy atom. The molecule has 0 aromatic carbocycles. The van der Waals surface area contributed by atoms with E-state index in [4.69, 9.17) is 28.4 Å².